The van der Waals surface area contributed by atoms with Crippen molar-refractivity contribution in [2.45, 2.75) is 62.8 Å². The Balaban J connectivity index is 1.54. The van der Waals surface area contributed by atoms with Crippen LogP contribution >= 0.6 is 0 Å². The fraction of sp³-hybridized carbons (Fsp3) is 0.833. The van der Waals surface area contributed by atoms with Crippen LogP contribution in [0.15, 0.2) is 6.07 Å². The average Bonchev–Trinajstić information content (AvgIpc) is 2.97. The van der Waals surface area contributed by atoms with E-state index in [1.165, 1.54) is 69.4 Å². The first kappa shape index (κ1) is 14.7. The molecule has 4 atom stereocenters. The third kappa shape index (κ3) is 2.50. The highest BCUT2D eigenvalue weighted by Gasteiger charge is 2.41. The molecule has 4 fully saturated rings. The van der Waals surface area contributed by atoms with Gasteiger partial charge in [-0.25, -0.2) is 0 Å². The van der Waals surface area contributed by atoms with Gasteiger partial charge in [-0.3, -0.25) is 9.58 Å². The Labute approximate surface area is 134 Å². The number of nitrogens with zero attached hydrogens (tertiary/aromatic N) is 3. The van der Waals surface area contributed by atoms with Gasteiger partial charge in [0.2, 0.25) is 0 Å². The highest BCUT2D eigenvalue weighted by Crippen LogP contribution is 2.42. The summed E-state index contributed by atoms with van der Waals surface area (Å²) in [7, 11) is 2.15. The third-order valence-corrected chi connectivity index (χ3v) is 6.49. The van der Waals surface area contributed by atoms with Gasteiger partial charge in [0, 0.05) is 43.7 Å². The lowest BCUT2D eigenvalue weighted by atomic mass is 9.74. The van der Waals surface area contributed by atoms with Crippen molar-refractivity contribution in [3.63, 3.8) is 0 Å². The van der Waals surface area contributed by atoms with Gasteiger partial charge in [0.1, 0.15) is 0 Å². The number of hydrogen-bond acceptors (Lipinski definition) is 3. The molecule has 0 aromatic carbocycles. The van der Waals surface area contributed by atoms with E-state index in [4.69, 9.17) is 10.8 Å². The predicted octanol–water partition coefficient (Wildman–Crippen LogP) is 2.60. The number of rotatable bonds is 3. The Bertz CT molecular complexity index is 517. The molecular formula is C18H30N4. The van der Waals surface area contributed by atoms with Gasteiger partial charge in [-0.2, -0.15) is 5.10 Å². The SMILES string of the molecule is Cn1nc(C2CCCCC2)cc1C1CN2CCC1CC2CN. The first-order chi connectivity index (χ1) is 10.8. The molecule has 1 aliphatic carbocycles. The minimum atomic E-state index is 0.626. The topological polar surface area (TPSA) is 47.1 Å². The average molecular weight is 302 g/mol. The molecule has 1 saturated carbocycles. The van der Waals surface area contributed by atoms with Crippen LogP contribution in [0.1, 0.15) is 68.2 Å². The van der Waals surface area contributed by atoms with E-state index < -0.39 is 0 Å². The number of aryl methyl sites for hydroxylation is 1. The fourth-order valence-corrected chi connectivity index (χ4v) is 5.17. The maximum Gasteiger partial charge on any atom is 0.0658 e. The van der Waals surface area contributed by atoms with E-state index in [2.05, 4.69) is 22.7 Å². The van der Waals surface area contributed by atoms with E-state index in [1.807, 2.05) is 0 Å². The zero-order valence-corrected chi connectivity index (χ0v) is 13.9. The van der Waals surface area contributed by atoms with Crippen molar-refractivity contribution in [2.75, 3.05) is 19.6 Å². The van der Waals surface area contributed by atoms with Gasteiger partial charge in [-0.1, -0.05) is 19.3 Å². The lowest BCUT2D eigenvalue weighted by Gasteiger charge is -2.49. The molecule has 2 bridgehead atoms. The largest absolute Gasteiger partial charge is 0.329 e. The number of fused-ring (bicyclic) bond motifs is 3. The van der Waals surface area contributed by atoms with Gasteiger partial charge < -0.3 is 5.73 Å². The van der Waals surface area contributed by atoms with Gasteiger partial charge >= 0.3 is 0 Å². The van der Waals surface area contributed by atoms with Crippen LogP contribution in [0.2, 0.25) is 0 Å². The summed E-state index contributed by atoms with van der Waals surface area (Å²) in [6, 6.07) is 3.07. The lowest BCUT2D eigenvalue weighted by molar-refractivity contribution is 0.0322. The molecule has 2 N–H and O–H groups in total. The molecule has 5 rings (SSSR count). The summed E-state index contributed by atoms with van der Waals surface area (Å²) in [5.74, 6) is 2.20. The fourth-order valence-electron chi connectivity index (χ4n) is 5.17. The summed E-state index contributed by atoms with van der Waals surface area (Å²) in [5.41, 5.74) is 8.79. The van der Waals surface area contributed by atoms with Gasteiger partial charge in [-0.15, -0.1) is 0 Å². The lowest BCUT2D eigenvalue weighted by Crippen LogP contribution is -2.55. The van der Waals surface area contributed by atoms with Crippen molar-refractivity contribution in [3.8, 4) is 0 Å². The van der Waals surface area contributed by atoms with E-state index in [1.54, 1.807) is 0 Å². The Hall–Kier alpha value is -0.870. The molecule has 1 aromatic rings. The second kappa shape index (κ2) is 5.97. The van der Waals surface area contributed by atoms with Crippen LogP contribution in [0.4, 0.5) is 0 Å². The number of piperidine rings is 3. The molecule has 4 heteroatoms. The molecule has 0 spiro atoms. The summed E-state index contributed by atoms with van der Waals surface area (Å²) in [5, 5.41) is 4.91. The minimum Gasteiger partial charge on any atom is -0.329 e. The standard InChI is InChI=1S/C18H30N4/c1-21-18(10-17(20-21)13-5-3-2-4-6-13)16-12-22-8-7-14(16)9-15(22)11-19/h10,13-16H,2-9,11-12,19H2,1H3. The summed E-state index contributed by atoms with van der Waals surface area (Å²) in [6.07, 6.45) is 9.48. The molecule has 122 valence electrons. The Morgan fingerprint density at radius 1 is 1.23 bits per heavy atom. The van der Waals surface area contributed by atoms with Crippen molar-refractivity contribution in [2.24, 2.45) is 18.7 Å². The molecule has 3 aliphatic heterocycles. The molecule has 1 aromatic heterocycles. The van der Waals surface area contributed by atoms with Gasteiger partial charge in [0.05, 0.1) is 5.69 Å². The number of hydrogen-bond donors (Lipinski definition) is 1. The number of nitrogens with two attached hydrogens (primary N) is 1. The summed E-state index contributed by atoms with van der Waals surface area (Å²) in [4.78, 5) is 2.62. The maximum atomic E-state index is 5.95. The second-order valence-electron chi connectivity index (χ2n) is 7.73. The van der Waals surface area contributed by atoms with Crippen molar-refractivity contribution in [3.05, 3.63) is 17.5 Å². The molecule has 4 heterocycles. The monoisotopic (exact) mass is 302 g/mol. The van der Waals surface area contributed by atoms with Crippen LogP contribution in [0.25, 0.3) is 0 Å². The van der Waals surface area contributed by atoms with Crippen molar-refractivity contribution < 1.29 is 0 Å². The van der Waals surface area contributed by atoms with Crippen LogP contribution in [0.5, 0.6) is 0 Å². The Kier molecular flexibility index (Phi) is 3.99. The van der Waals surface area contributed by atoms with Gasteiger partial charge in [-0.05, 0) is 44.2 Å². The number of aromatic nitrogens is 2. The van der Waals surface area contributed by atoms with Crippen molar-refractivity contribution in [1.82, 2.24) is 14.7 Å². The molecule has 0 radical (unpaired) electrons. The predicted molar refractivity (Wildman–Crippen MR) is 88.9 cm³/mol. The second-order valence-corrected chi connectivity index (χ2v) is 7.73. The van der Waals surface area contributed by atoms with E-state index in [9.17, 15) is 0 Å². The Morgan fingerprint density at radius 2 is 2.05 bits per heavy atom. The van der Waals surface area contributed by atoms with Crippen LogP contribution in [0, 0.1) is 5.92 Å². The summed E-state index contributed by atoms with van der Waals surface area (Å²) >= 11 is 0. The Morgan fingerprint density at radius 3 is 2.73 bits per heavy atom. The first-order valence-corrected chi connectivity index (χ1v) is 9.24. The van der Waals surface area contributed by atoms with E-state index >= 15 is 0 Å². The van der Waals surface area contributed by atoms with Crippen LogP contribution in [-0.2, 0) is 7.05 Å². The molecule has 4 aliphatic rings. The maximum absolute atomic E-state index is 5.95. The van der Waals surface area contributed by atoms with E-state index in [-0.39, 0.29) is 0 Å². The van der Waals surface area contributed by atoms with E-state index in [0.29, 0.717) is 17.9 Å². The van der Waals surface area contributed by atoms with Crippen LogP contribution in [-0.4, -0.2) is 40.4 Å². The summed E-state index contributed by atoms with van der Waals surface area (Å²) < 4.78 is 2.19. The van der Waals surface area contributed by atoms with Crippen LogP contribution < -0.4 is 5.73 Å². The normalized spacial score (nSPS) is 35.9. The first-order valence-electron chi connectivity index (χ1n) is 9.24. The smallest absolute Gasteiger partial charge is 0.0658 e. The quantitative estimate of drug-likeness (QED) is 0.933. The van der Waals surface area contributed by atoms with Gasteiger partial charge in [0.15, 0.2) is 0 Å². The minimum absolute atomic E-state index is 0.626. The van der Waals surface area contributed by atoms with Crippen LogP contribution in [0.3, 0.4) is 0 Å². The zero-order valence-electron chi connectivity index (χ0n) is 13.9. The molecule has 22 heavy (non-hydrogen) atoms. The molecule has 3 saturated heterocycles. The highest BCUT2D eigenvalue weighted by atomic mass is 15.3. The van der Waals surface area contributed by atoms with Crippen molar-refractivity contribution in [1.29, 1.82) is 0 Å². The van der Waals surface area contributed by atoms with E-state index in [0.717, 1.165) is 12.5 Å². The molecule has 0 amide bonds. The molecule has 4 unspecified atom stereocenters. The van der Waals surface area contributed by atoms with Gasteiger partial charge in [0.25, 0.3) is 0 Å². The molecule has 4 nitrogen and oxygen atoms in total. The summed E-state index contributed by atoms with van der Waals surface area (Å²) in [6.45, 7) is 3.26. The molecular weight excluding hydrogens is 272 g/mol. The highest BCUT2D eigenvalue weighted by molar-refractivity contribution is 5.21. The van der Waals surface area contributed by atoms with Crippen molar-refractivity contribution >= 4 is 0 Å². The zero-order chi connectivity index (χ0) is 15.1. The third-order valence-electron chi connectivity index (χ3n) is 6.49.